The maximum absolute atomic E-state index is 12.2. The van der Waals surface area contributed by atoms with Crippen molar-refractivity contribution in [2.24, 2.45) is 0 Å². The molecule has 1 amide bonds. The van der Waals surface area contributed by atoms with Gasteiger partial charge < -0.3 is 14.8 Å². The Morgan fingerprint density at radius 1 is 1.00 bits per heavy atom. The van der Waals surface area contributed by atoms with Gasteiger partial charge >= 0.3 is 0 Å². The van der Waals surface area contributed by atoms with Crippen molar-refractivity contribution in [1.82, 2.24) is 0 Å². The molecule has 26 heavy (non-hydrogen) atoms. The molecular formula is C16H15N3O7. The molecule has 0 saturated carbocycles. The molecule has 1 N–H and O–H groups in total. The minimum Gasteiger partial charge on any atom is -0.493 e. The maximum atomic E-state index is 12.2. The van der Waals surface area contributed by atoms with Crippen LogP contribution in [0.3, 0.4) is 0 Å². The molecule has 0 heterocycles. The van der Waals surface area contributed by atoms with E-state index in [0.29, 0.717) is 17.1 Å². The van der Waals surface area contributed by atoms with Crippen LogP contribution in [0.5, 0.6) is 11.5 Å². The fraction of sp³-hybridized carbons (Fsp3) is 0.188. The summed E-state index contributed by atoms with van der Waals surface area (Å²) in [7, 11) is 2.94. The summed E-state index contributed by atoms with van der Waals surface area (Å²) < 4.78 is 10.3. The van der Waals surface area contributed by atoms with Gasteiger partial charge in [0.1, 0.15) is 5.69 Å². The van der Waals surface area contributed by atoms with Crippen molar-refractivity contribution in [3.63, 3.8) is 0 Å². The van der Waals surface area contributed by atoms with Crippen LogP contribution in [0, 0.1) is 20.2 Å². The molecule has 10 nitrogen and oxygen atoms in total. The zero-order valence-electron chi connectivity index (χ0n) is 13.9. The fourth-order valence-electron chi connectivity index (χ4n) is 2.26. The number of carbonyl (C=O) groups excluding carboxylic acids is 1. The van der Waals surface area contributed by atoms with Gasteiger partial charge in [-0.25, -0.2) is 0 Å². The molecule has 0 fully saturated rings. The molecule has 0 aromatic heterocycles. The van der Waals surface area contributed by atoms with Crippen molar-refractivity contribution in [3.8, 4) is 11.5 Å². The Balaban J connectivity index is 2.20. The number of hydrogen-bond acceptors (Lipinski definition) is 7. The van der Waals surface area contributed by atoms with Crippen LogP contribution in [0.15, 0.2) is 36.4 Å². The first kappa shape index (κ1) is 18.6. The molecule has 0 aliphatic carbocycles. The Hall–Kier alpha value is -3.69. The third-order valence-corrected chi connectivity index (χ3v) is 3.48. The summed E-state index contributed by atoms with van der Waals surface area (Å²) in [5, 5.41) is 24.2. The predicted octanol–water partition coefficient (Wildman–Crippen LogP) is 2.70. The molecule has 10 heteroatoms. The lowest BCUT2D eigenvalue weighted by Crippen LogP contribution is -2.15. The smallest absolute Gasteiger partial charge is 0.299 e. The topological polar surface area (TPSA) is 134 Å². The molecule has 0 aliphatic heterocycles. The monoisotopic (exact) mass is 361 g/mol. The van der Waals surface area contributed by atoms with Gasteiger partial charge in [0.25, 0.3) is 11.4 Å². The second-order valence-corrected chi connectivity index (χ2v) is 5.13. The molecule has 2 rings (SSSR count). The van der Waals surface area contributed by atoms with E-state index < -0.39 is 27.1 Å². The van der Waals surface area contributed by atoms with Crippen LogP contribution in [0.25, 0.3) is 0 Å². The summed E-state index contributed by atoms with van der Waals surface area (Å²) in [6.07, 6.45) is -0.0749. The molecule has 0 radical (unpaired) electrons. The number of hydrogen-bond donors (Lipinski definition) is 1. The summed E-state index contributed by atoms with van der Waals surface area (Å²) >= 11 is 0. The molecule has 136 valence electrons. The highest BCUT2D eigenvalue weighted by atomic mass is 16.6. The summed E-state index contributed by atoms with van der Waals surface area (Å²) in [6, 6.07) is 7.91. The zero-order valence-corrected chi connectivity index (χ0v) is 13.9. The number of nitro benzene ring substituents is 2. The second-order valence-electron chi connectivity index (χ2n) is 5.13. The first-order valence-corrected chi connectivity index (χ1v) is 7.29. The molecule has 0 saturated heterocycles. The number of carbonyl (C=O) groups is 1. The van der Waals surface area contributed by atoms with Crippen molar-refractivity contribution < 1.29 is 24.1 Å². The Morgan fingerprint density at radius 3 is 2.27 bits per heavy atom. The number of amides is 1. The first-order valence-electron chi connectivity index (χ1n) is 7.29. The Bertz CT molecular complexity index is 867. The quantitative estimate of drug-likeness (QED) is 0.592. The van der Waals surface area contributed by atoms with Crippen LogP contribution >= 0.6 is 0 Å². The minimum atomic E-state index is -0.793. The largest absolute Gasteiger partial charge is 0.493 e. The summed E-state index contributed by atoms with van der Waals surface area (Å²) in [5.41, 5.74) is -0.509. The van der Waals surface area contributed by atoms with Crippen LogP contribution in [0.2, 0.25) is 0 Å². The van der Waals surface area contributed by atoms with Crippen molar-refractivity contribution in [3.05, 3.63) is 62.2 Å². The molecule has 2 aromatic carbocycles. The third kappa shape index (κ3) is 4.23. The van der Waals surface area contributed by atoms with Crippen molar-refractivity contribution in [1.29, 1.82) is 0 Å². The number of nitro groups is 2. The van der Waals surface area contributed by atoms with Gasteiger partial charge in [0.15, 0.2) is 11.5 Å². The normalized spacial score (nSPS) is 10.1. The van der Waals surface area contributed by atoms with E-state index in [2.05, 4.69) is 5.32 Å². The van der Waals surface area contributed by atoms with E-state index in [1.54, 1.807) is 18.2 Å². The number of anilines is 1. The SMILES string of the molecule is COc1ccc(CC(=O)Nc2ccc([N+](=O)[O-])cc2[N+](=O)[O-])cc1OC. The van der Waals surface area contributed by atoms with Crippen LogP contribution in [0.4, 0.5) is 17.1 Å². The van der Waals surface area contributed by atoms with Gasteiger partial charge in [0.05, 0.1) is 36.6 Å². The van der Waals surface area contributed by atoms with Crippen molar-refractivity contribution in [2.75, 3.05) is 19.5 Å². The van der Waals surface area contributed by atoms with Gasteiger partial charge in [-0.1, -0.05) is 6.07 Å². The zero-order chi connectivity index (χ0) is 19.3. The maximum Gasteiger partial charge on any atom is 0.299 e. The Morgan fingerprint density at radius 2 is 1.69 bits per heavy atom. The Kier molecular flexibility index (Phi) is 5.68. The second kappa shape index (κ2) is 7.92. The molecule has 0 bridgehead atoms. The predicted molar refractivity (Wildman–Crippen MR) is 91.6 cm³/mol. The highest BCUT2D eigenvalue weighted by Crippen LogP contribution is 2.30. The van der Waals surface area contributed by atoms with Crippen LogP contribution in [0.1, 0.15) is 5.56 Å². The van der Waals surface area contributed by atoms with E-state index in [4.69, 9.17) is 9.47 Å². The molecule has 0 atom stereocenters. The van der Waals surface area contributed by atoms with Gasteiger partial charge in [0.2, 0.25) is 5.91 Å². The van der Waals surface area contributed by atoms with E-state index in [1.165, 1.54) is 14.2 Å². The lowest BCUT2D eigenvalue weighted by molar-refractivity contribution is -0.393. The fourth-order valence-corrected chi connectivity index (χ4v) is 2.26. The highest BCUT2D eigenvalue weighted by molar-refractivity contribution is 5.94. The minimum absolute atomic E-state index is 0.0749. The summed E-state index contributed by atoms with van der Waals surface area (Å²) in [6.45, 7) is 0. The standard InChI is InChI=1S/C16H15N3O7/c1-25-14-6-3-10(7-15(14)26-2)8-16(20)17-12-5-4-11(18(21)22)9-13(12)19(23)24/h3-7,9H,8H2,1-2H3,(H,17,20). The van der Waals surface area contributed by atoms with Crippen LogP contribution < -0.4 is 14.8 Å². The van der Waals surface area contributed by atoms with E-state index in [1.807, 2.05) is 0 Å². The lowest BCUT2D eigenvalue weighted by Gasteiger charge is -2.10. The van der Waals surface area contributed by atoms with Crippen LogP contribution in [-0.2, 0) is 11.2 Å². The molecular weight excluding hydrogens is 346 g/mol. The number of nitrogens with one attached hydrogen (secondary N) is 1. The summed E-state index contributed by atoms with van der Waals surface area (Å²) in [5.74, 6) is 0.427. The van der Waals surface area contributed by atoms with E-state index in [9.17, 15) is 25.0 Å². The van der Waals surface area contributed by atoms with E-state index >= 15 is 0 Å². The summed E-state index contributed by atoms with van der Waals surface area (Å²) in [4.78, 5) is 32.5. The molecule has 0 aliphatic rings. The average molecular weight is 361 g/mol. The highest BCUT2D eigenvalue weighted by Gasteiger charge is 2.21. The molecule has 2 aromatic rings. The first-order chi connectivity index (χ1) is 12.3. The van der Waals surface area contributed by atoms with Crippen LogP contribution in [-0.4, -0.2) is 30.0 Å². The number of nitrogens with zero attached hydrogens (tertiary/aromatic N) is 2. The van der Waals surface area contributed by atoms with Crippen molar-refractivity contribution >= 4 is 23.0 Å². The van der Waals surface area contributed by atoms with Gasteiger partial charge in [-0.05, 0) is 23.8 Å². The number of rotatable bonds is 7. The number of ether oxygens (including phenoxy) is 2. The molecule has 0 unspecified atom stereocenters. The van der Waals surface area contributed by atoms with Gasteiger partial charge in [-0.3, -0.25) is 25.0 Å². The number of benzene rings is 2. The number of non-ortho nitro benzene ring substituents is 1. The Labute approximate surface area is 147 Å². The number of methoxy groups -OCH3 is 2. The van der Waals surface area contributed by atoms with E-state index in [-0.39, 0.29) is 12.1 Å². The van der Waals surface area contributed by atoms with Gasteiger partial charge in [-0.15, -0.1) is 0 Å². The average Bonchev–Trinajstić information content (AvgIpc) is 2.61. The van der Waals surface area contributed by atoms with Crippen molar-refractivity contribution in [2.45, 2.75) is 6.42 Å². The van der Waals surface area contributed by atoms with Gasteiger partial charge in [0, 0.05) is 6.07 Å². The molecule has 0 spiro atoms. The van der Waals surface area contributed by atoms with E-state index in [0.717, 1.165) is 18.2 Å². The van der Waals surface area contributed by atoms with Gasteiger partial charge in [-0.2, -0.15) is 0 Å². The lowest BCUT2D eigenvalue weighted by atomic mass is 10.1. The third-order valence-electron chi connectivity index (χ3n) is 3.48.